The van der Waals surface area contributed by atoms with Gasteiger partial charge < -0.3 is 18.9 Å². The van der Waals surface area contributed by atoms with E-state index in [1.54, 1.807) is 0 Å². The van der Waals surface area contributed by atoms with E-state index in [0.29, 0.717) is 0 Å². The predicted octanol–water partition coefficient (Wildman–Crippen LogP) is 22.6. The molecule has 0 amide bonds. The summed E-state index contributed by atoms with van der Waals surface area (Å²) in [6, 6.07) is 123. The summed E-state index contributed by atoms with van der Waals surface area (Å²) in [5, 5.41) is 7.28. The number of hydrogen-bond donors (Lipinski definition) is 0. The molecular formula is C82H56N4. The molecule has 2 aromatic heterocycles. The Bertz CT molecular complexity index is 4780. The van der Waals surface area contributed by atoms with Crippen LogP contribution in [0.25, 0.3) is 110 Å². The Morgan fingerprint density at radius 1 is 0.174 bits per heavy atom. The molecule has 4 heteroatoms. The largest absolute Gasteiger partial charge is 0.310 e. The molecule has 0 spiro atoms. The average Bonchev–Trinajstić information content (AvgIpc) is 1.89. The van der Waals surface area contributed by atoms with Gasteiger partial charge in [-0.1, -0.05) is 218 Å². The van der Waals surface area contributed by atoms with Gasteiger partial charge in [-0.3, -0.25) is 0 Å². The van der Waals surface area contributed by atoms with Crippen molar-refractivity contribution < 1.29 is 0 Å². The van der Waals surface area contributed by atoms with Crippen LogP contribution in [-0.2, 0) is 0 Å². The fourth-order valence-electron chi connectivity index (χ4n) is 13.1. The van der Waals surface area contributed by atoms with Crippen LogP contribution in [0.1, 0.15) is 0 Å². The zero-order valence-corrected chi connectivity index (χ0v) is 47.1. The molecule has 14 aromatic carbocycles. The fraction of sp³-hybridized carbons (Fsp3) is 0. The molecule has 0 aliphatic heterocycles. The van der Waals surface area contributed by atoms with Crippen molar-refractivity contribution in [3.63, 3.8) is 0 Å². The molecule has 2 heterocycles. The van der Waals surface area contributed by atoms with Crippen LogP contribution in [-0.4, -0.2) is 9.13 Å². The minimum atomic E-state index is 1.10. The number of aromatic nitrogens is 2. The maximum absolute atomic E-state index is 2.41. The molecule has 0 N–H and O–H groups in total. The van der Waals surface area contributed by atoms with Crippen LogP contribution in [0, 0.1) is 0 Å². The van der Waals surface area contributed by atoms with Crippen molar-refractivity contribution in [2.45, 2.75) is 0 Å². The van der Waals surface area contributed by atoms with E-state index in [9.17, 15) is 0 Å². The summed E-state index contributed by atoms with van der Waals surface area (Å²) in [5.74, 6) is 0. The summed E-state index contributed by atoms with van der Waals surface area (Å²) < 4.78 is 4.82. The zero-order valence-electron chi connectivity index (χ0n) is 47.1. The molecule has 0 aliphatic carbocycles. The Balaban J connectivity index is 0.712. The van der Waals surface area contributed by atoms with Gasteiger partial charge in [-0.2, -0.15) is 0 Å². The Hall–Kier alpha value is -11.5. The third kappa shape index (κ3) is 8.87. The standard InChI is InChI=1S/C82H56N4/c1-5-19-57(20-6-1)59-33-41-65(42-34-59)83(63-23-9-3-10-24-63)69-49-53-81-77(55-69)75-29-15-17-31-79(75)85(81)67-45-37-61(38-46-67)71-51-52-72(74-28-14-13-27-73(71)74)62-39-47-68(48-40-62)86-80-32-18-16-30-76(80)78-56-70(50-54-82(78)86)84(64-25-11-4-12-26-64)66-43-35-60(36-44-66)58-21-7-2-8-22-58/h1-56H. The topological polar surface area (TPSA) is 16.3 Å². The second-order valence-electron chi connectivity index (χ2n) is 22.1. The first-order valence-electron chi connectivity index (χ1n) is 29.5. The van der Waals surface area contributed by atoms with Crippen molar-refractivity contribution >= 4 is 88.5 Å². The lowest BCUT2D eigenvalue weighted by atomic mass is 9.92. The van der Waals surface area contributed by atoms with Gasteiger partial charge >= 0.3 is 0 Å². The van der Waals surface area contributed by atoms with E-state index in [1.807, 2.05) is 0 Å². The van der Waals surface area contributed by atoms with E-state index in [-0.39, 0.29) is 0 Å². The van der Waals surface area contributed by atoms with Crippen molar-refractivity contribution in [2.75, 3.05) is 9.80 Å². The Kier molecular flexibility index (Phi) is 12.5. The highest BCUT2D eigenvalue weighted by atomic mass is 15.1. The van der Waals surface area contributed by atoms with Gasteiger partial charge in [-0.05, 0) is 177 Å². The van der Waals surface area contributed by atoms with E-state index in [1.165, 1.54) is 87.9 Å². The van der Waals surface area contributed by atoms with Crippen LogP contribution >= 0.6 is 0 Å². The molecule has 16 aromatic rings. The minimum Gasteiger partial charge on any atom is -0.310 e. The number of rotatable bonds is 12. The molecule has 404 valence electrons. The van der Waals surface area contributed by atoms with Gasteiger partial charge in [0.05, 0.1) is 22.1 Å². The number of anilines is 6. The van der Waals surface area contributed by atoms with Crippen LogP contribution in [0.2, 0.25) is 0 Å². The Labute approximate surface area is 500 Å². The highest BCUT2D eigenvalue weighted by molar-refractivity contribution is 6.12. The molecule has 0 radical (unpaired) electrons. The Morgan fingerprint density at radius 2 is 0.453 bits per heavy atom. The van der Waals surface area contributed by atoms with Gasteiger partial charge in [0.25, 0.3) is 0 Å². The van der Waals surface area contributed by atoms with Gasteiger partial charge in [0, 0.05) is 67.0 Å². The number of para-hydroxylation sites is 4. The van der Waals surface area contributed by atoms with Gasteiger partial charge in [-0.25, -0.2) is 0 Å². The van der Waals surface area contributed by atoms with Crippen molar-refractivity contribution in [1.82, 2.24) is 9.13 Å². The summed E-state index contributed by atoms with van der Waals surface area (Å²) in [6.07, 6.45) is 0. The average molecular weight is 1100 g/mol. The van der Waals surface area contributed by atoms with Crippen LogP contribution in [0.15, 0.2) is 340 Å². The highest BCUT2D eigenvalue weighted by Gasteiger charge is 2.21. The molecule has 0 unspecified atom stereocenters. The molecule has 0 saturated carbocycles. The summed E-state index contributed by atoms with van der Waals surface area (Å²) in [7, 11) is 0. The van der Waals surface area contributed by atoms with E-state index < -0.39 is 0 Å². The van der Waals surface area contributed by atoms with Crippen LogP contribution in [0.3, 0.4) is 0 Å². The summed E-state index contributed by atoms with van der Waals surface area (Å²) in [4.78, 5) is 4.71. The lowest BCUT2D eigenvalue weighted by Gasteiger charge is -2.26. The first kappa shape index (κ1) is 50.3. The van der Waals surface area contributed by atoms with Crippen molar-refractivity contribution in [1.29, 1.82) is 0 Å². The summed E-state index contributed by atoms with van der Waals surface area (Å²) >= 11 is 0. The fourth-order valence-corrected chi connectivity index (χ4v) is 13.1. The maximum Gasteiger partial charge on any atom is 0.0542 e. The maximum atomic E-state index is 2.41. The van der Waals surface area contributed by atoms with E-state index in [0.717, 1.165) is 56.5 Å². The highest BCUT2D eigenvalue weighted by Crippen LogP contribution is 2.44. The Morgan fingerprint density at radius 3 is 0.837 bits per heavy atom. The lowest BCUT2D eigenvalue weighted by molar-refractivity contribution is 1.18. The first-order chi connectivity index (χ1) is 42.7. The number of benzene rings is 14. The molecule has 0 fully saturated rings. The summed E-state index contributed by atoms with van der Waals surface area (Å²) in [5.41, 5.74) is 23.1. The zero-order chi connectivity index (χ0) is 56.9. The number of hydrogen-bond acceptors (Lipinski definition) is 2. The van der Waals surface area contributed by atoms with Crippen molar-refractivity contribution in [3.8, 4) is 55.9 Å². The molecule has 0 saturated heterocycles. The monoisotopic (exact) mass is 1100 g/mol. The van der Waals surface area contributed by atoms with Crippen molar-refractivity contribution in [3.05, 3.63) is 340 Å². The SMILES string of the molecule is c1ccc(-c2ccc(N(c3ccccc3)c3ccc4c(c3)c3ccccc3n4-c3ccc(-c4ccc(-c5ccc(-n6c7ccccc7c7cc(N(c8ccccc8)c8ccc(-c9ccccc9)cc8)ccc76)cc5)c5ccccc45)cc3)cc2)cc1. The minimum absolute atomic E-state index is 1.10. The molecule has 0 bridgehead atoms. The van der Waals surface area contributed by atoms with Crippen LogP contribution in [0.5, 0.6) is 0 Å². The normalized spacial score (nSPS) is 11.5. The smallest absolute Gasteiger partial charge is 0.0542 e. The predicted molar refractivity (Wildman–Crippen MR) is 364 cm³/mol. The molecule has 4 nitrogen and oxygen atoms in total. The van der Waals surface area contributed by atoms with Crippen LogP contribution < -0.4 is 9.80 Å². The molecule has 16 rings (SSSR count). The summed E-state index contributed by atoms with van der Waals surface area (Å²) in [6.45, 7) is 0. The van der Waals surface area contributed by atoms with Gasteiger partial charge in [0.1, 0.15) is 0 Å². The number of nitrogens with zero attached hydrogens (tertiary/aromatic N) is 4. The molecule has 0 aliphatic rings. The van der Waals surface area contributed by atoms with E-state index >= 15 is 0 Å². The second-order valence-corrected chi connectivity index (χ2v) is 22.1. The van der Waals surface area contributed by atoms with E-state index in [4.69, 9.17) is 0 Å². The van der Waals surface area contributed by atoms with Gasteiger partial charge in [0.2, 0.25) is 0 Å². The third-order valence-electron chi connectivity index (χ3n) is 17.1. The molecule has 0 atom stereocenters. The van der Waals surface area contributed by atoms with Gasteiger partial charge in [-0.15, -0.1) is 0 Å². The van der Waals surface area contributed by atoms with Crippen LogP contribution in [0.4, 0.5) is 34.1 Å². The quantitative estimate of drug-likeness (QED) is 0.121. The molecule has 86 heavy (non-hydrogen) atoms. The molecular weight excluding hydrogens is 1040 g/mol. The lowest BCUT2D eigenvalue weighted by Crippen LogP contribution is -2.09. The second kappa shape index (κ2) is 21.4. The van der Waals surface area contributed by atoms with Crippen molar-refractivity contribution in [2.24, 2.45) is 0 Å². The number of fused-ring (bicyclic) bond motifs is 7. The van der Waals surface area contributed by atoms with Gasteiger partial charge in [0.15, 0.2) is 0 Å². The van der Waals surface area contributed by atoms with E-state index in [2.05, 4.69) is 359 Å². The first-order valence-corrected chi connectivity index (χ1v) is 29.5. The third-order valence-corrected chi connectivity index (χ3v) is 17.1.